The number of hydrogen-bond donors (Lipinski definition) is 0. The van der Waals surface area contributed by atoms with E-state index in [1.807, 2.05) is 6.07 Å². The highest BCUT2D eigenvalue weighted by molar-refractivity contribution is 5.61. The summed E-state index contributed by atoms with van der Waals surface area (Å²) in [7, 11) is 0. The minimum absolute atomic E-state index is 0.253. The molecule has 2 aromatic rings. The van der Waals surface area contributed by atoms with Crippen LogP contribution in [-0.4, -0.2) is 9.78 Å². The Hall–Kier alpha value is -2.08. The van der Waals surface area contributed by atoms with Crippen LogP contribution in [0.15, 0.2) is 36.7 Å². The molecule has 1 aromatic carbocycles. The molecule has 1 heterocycles. The third-order valence-corrected chi connectivity index (χ3v) is 2.04. The molecule has 3 heteroatoms. The third kappa shape index (κ3) is 2.05. The van der Waals surface area contributed by atoms with Crippen LogP contribution in [0.3, 0.4) is 0 Å². The smallest absolute Gasteiger partial charge is 0.123 e. The maximum atomic E-state index is 12.9. The van der Waals surface area contributed by atoms with Gasteiger partial charge in [0.25, 0.3) is 0 Å². The van der Waals surface area contributed by atoms with Crippen molar-refractivity contribution in [1.82, 2.24) is 9.78 Å². The van der Waals surface area contributed by atoms with Gasteiger partial charge in [0.05, 0.1) is 6.20 Å². The van der Waals surface area contributed by atoms with Gasteiger partial charge in [-0.2, -0.15) is 5.10 Å². The molecular weight excluding hydrogens is 191 g/mol. The summed E-state index contributed by atoms with van der Waals surface area (Å²) in [5, 5.41) is 4.06. The van der Waals surface area contributed by atoms with Crippen LogP contribution in [0.1, 0.15) is 0 Å². The Bertz CT molecular complexity index is 508. The molecule has 0 aliphatic heterocycles. The van der Waals surface area contributed by atoms with Crippen LogP contribution in [-0.2, 0) is 6.54 Å². The van der Waals surface area contributed by atoms with Gasteiger partial charge in [0, 0.05) is 11.8 Å². The van der Waals surface area contributed by atoms with Crippen molar-refractivity contribution in [3.05, 3.63) is 42.5 Å². The fraction of sp³-hybridized carbons (Fsp3) is 0.0833. The zero-order valence-electron chi connectivity index (χ0n) is 8.02. The quantitative estimate of drug-likeness (QED) is 0.680. The molecule has 2 rings (SSSR count). The fourth-order valence-electron chi connectivity index (χ4n) is 1.36. The van der Waals surface area contributed by atoms with Crippen molar-refractivity contribution >= 4 is 0 Å². The first-order valence-corrected chi connectivity index (χ1v) is 4.51. The van der Waals surface area contributed by atoms with E-state index < -0.39 is 0 Å². The zero-order valence-corrected chi connectivity index (χ0v) is 8.02. The molecule has 0 saturated carbocycles. The van der Waals surface area contributed by atoms with Crippen molar-refractivity contribution in [3.63, 3.8) is 0 Å². The van der Waals surface area contributed by atoms with Crippen LogP contribution in [0.2, 0.25) is 0 Å². The molecule has 0 aliphatic carbocycles. The molecule has 2 nitrogen and oxygen atoms in total. The first-order valence-electron chi connectivity index (χ1n) is 4.51. The molecule has 0 atom stereocenters. The topological polar surface area (TPSA) is 17.8 Å². The van der Waals surface area contributed by atoms with E-state index >= 15 is 0 Å². The second-order valence-corrected chi connectivity index (χ2v) is 3.14. The van der Waals surface area contributed by atoms with Crippen LogP contribution in [0.5, 0.6) is 0 Å². The molecule has 0 unspecified atom stereocenters. The lowest BCUT2D eigenvalue weighted by molar-refractivity contribution is 0.628. The summed E-state index contributed by atoms with van der Waals surface area (Å²) in [4.78, 5) is 0. The van der Waals surface area contributed by atoms with E-state index in [4.69, 9.17) is 6.42 Å². The van der Waals surface area contributed by atoms with E-state index in [1.54, 1.807) is 23.1 Å². The summed E-state index contributed by atoms with van der Waals surface area (Å²) in [6.07, 6.45) is 8.63. The van der Waals surface area contributed by atoms with E-state index in [0.717, 1.165) is 11.1 Å². The molecule has 0 amide bonds. The lowest BCUT2D eigenvalue weighted by Crippen LogP contribution is -1.93. The molecule has 1 aromatic heterocycles. The molecule has 0 fully saturated rings. The average Bonchev–Trinajstić information content (AvgIpc) is 2.67. The highest BCUT2D eigenvalue weighted by atomic mass is 19.1. The Morgan fingerprint density at radius 1 is 1.40 bits per heavy atom. The van der Waals surface area contributed by atoms with Crippen LogP contribution in [0, 0.1) is 18.2 Å². The Morgan fingerprint density at radius 2 is 2.27 bits per heavy atom. The number of rotatable bonds is 2. The number of benzene rings is 1. The number of halogens is 1. The van der Waals surface area contributed by atoms with E-state index in [-0.39, 0.29) is 5.82 Å². The van der Waals surface area contributed by atoms with E-state index in [0.29, 0.717) is 6.54 Å². The van der Waals surface area contributed by atoms with Gasteiger partial charge in [-0.1, -0.05) is 18.1 Å². The van der Waals surface area contributed by atoms with Gasteiger partial charge in [0.15, 0.2) is 0 Å². The molecule has 0 radical (unpaired) electrons. The van der Waals surface area contributed by atoms with Crippen LogP contribution in [0.25, 0.3) is 11.1 Å². The van der Waals surface area contributed by atoms with Crippen LogP contribution >= 0.6 is 0 Å². The van der Waals surface area contributed by atoms with E-state index in [9.17, 15) is 4.39 Å². The van der Waals surface area contributed by atoms with Crippen molar-refractivity contribution in [1.29, 1.82) is 0 Å². The predicted molar refractivity (Wildman–Crippen MR) is 56.5 cm³/mol. The molecule has 74 valence electrons. The molecule has 0 spiro atoms. The molecule has 0 bridgehead atoms. The third-order valence-electron chi connectivity index (χ3n) is 2.04. The highest BCUT2D eigenvalue weighted by Gasteiger charge is 2.01. The van der Waals surface area contributed by atoms with Gasteiger partial charge in [-0.3, -0.25) is 4.68 Å². The Morgan fingerprint density at radius 3 is 3.00 bits per heavy atom. The van der Waals surface area contributed by atoms with E-state index in [2.05, 4.69) is 11.0 Å². The largest absolute Gasteiger partial charge is 0.260 e. The molecular formula is C12H9FN2. The summed E-state index contributed by atoms with van der Waals surface area (Å²) in [5.74, 6) is 2.23. The number of aromatic nitrogens is 2. The molecule has 0 N–H and O–H groups in total. The normalized spacial score (nSPS) is 9.87. The minimum atomic E-state index is -0.253. The summed E-state index contributed by atoms with van der Waals surface area (Å²) in [5.41, 5.74) is 1.67. The van der Waals surface area contributed by atoms with Gasteiger partial charge >= 0.3 is 0 Å². The summed E-state index contributed by atoms with van der Waals surface area (Å²) >= 11 is 0. The standard InChI is InChI=1S/C12H9FN2/c1-2-6-15-9-11(8-14-15)10-4-3-5-12(13)7-10/h1,3-5,7-9H,6H2. The Labute approximate surface area is 87.4 Å². The van der Waals surface area contributed by atoms with Crippen molar-refractivity contribution in [2.24, 2.45) is 0 Å². The lowest BCUT2D eigenvalue weighted by atomic mass is 10.1. The fourth-order valence-corrected chi connectivity index (χ4v) is 1.36. The monoisotopic (exact) mass is 200 g/mol. The number of terminal acetylenes is 1. The average molecular weight is 200 g/mol. The van der Waals surface area contributed by atoms with Crippen LogP contribution in [0.4, 0.5) is 4.39 Å². The lowest BCUT2D eigenvalue weighted by Gasteiger charge is -1.96. The summed E-state index contributed by atoms with van der Waals surface area (Å²) in [6.45, 7) is 0.426. The summed E-state index contributed by atoms with van der Waals surface area (Å²) in [6, 6.07) is 6.39. The summed E-state index contributed by atoms with van der Waals surface area (Å²) < 4.78 is 14.6. The SMILES string of the molecule is C#CCn1cc(-c2cccc(F)c2)cn1. The van der Waals surface area contributed by atoms with Gasteiger partial charge in [-0.05, 0) is 17.7 Å². The second-order valence-electron chi connectivity index (χ2n) is 3.14. The van der Waals surface area contributed by atoms with Crippen molar-refractivity contribution in [3.8, 4) is 23.5 Å². The van der Waals surface area contributed by atoms with Crippen molar-refractivity contribution in [2.75, 3.05) is 0 Å². The first kappa shape index (κ1) is 9.47. The minimum Gasteiger partial charge on any atom is -0.260 e. The highest BCUT2D eigenvalue weighted by Crippen LogP contribution is 2.18. The van der Waals surface area contributed by atoms with Gasteiger partial charge in [0.1, 0.15) is 12.4 Å². The first-order chi connectivity index (χ1) is 7.29. The number of nitrogens with zero attached hydrogens (tertiary/aromatic N) is 2. The van der Waals surface area contributed by atoms with Crippen LogP contribution < -0.4 is 0 Å². The van der Waals surface area contributed by atoms with Gasteiger partial charge in [0.2, 0.25) is 0 Å². The second kappa shape index (κ2) is 3.97. The van der Waals surface area contributed by atoms with Gasteiger partial charge in [-0.25, -0.2) is 4.39 Å². The Balaban J connectivity index is 2.34. The van der Waals surface area contributed by atoms with Crippen molar-refractivity contribution in [2.45, 2.75) is 6.54 Å². The van der Waals surface area contributed by atoms with E-state index in [1.165, 1.54) is 12.1 Å². The van der Waals surface area contributed by atoms with Gasteiger partial charge in [-0.15, -0.1) is 6.42 Å². The molecule has 0 aliphatic rings. The van der Waals surface area contributed by atoms with Gasteiger partial charge < -0.3 is 0 Å². The molecule has 0 saturated heterocycles. The Kier molecular flexibility index (Phi) is 2.51. The zero-order chi connectivity index (χ0) is 10.7. The maximum absolute atomic E-state index is 12.9. The maximum Gasteiger partial charge on any atom is 0.123 e. The molecule has 15 heavy (non-hydrogen) atoms. The van der Waals surface area contributed by atoms with Crippen molar-refractivity contribution < 1.29 is 4.39 Å². The predicted octanol–water partition coefficient (Wildman–Crippen LogP) is 2.32. The number of hydrogen-bond acceptors (Lipinski definition) is 1.